The second kappa shape index (κ2) is 7.04. The highest BCUT2D eigenvalue weighted by Crippen LogP contribution is 2.31. The van der Waals surface area contributed by atoms with E-state index in [0.717, 1.165) is 18.9 Å². The molecule has 1 aromatic rings. The zero-order valence-corrected chi connectivity index (χ0v) is 13.1. The summed E-state index contributed by atoms with van der Waals surface area (Å²) in [5.74, 6) is -0.825. The van der Waals surface area contributed by atoms with Gasteiger partial charge in [0.25, 0.3) is 0 Å². The summed E-state index contributed by atoms with van der Waals surface area (Å²) in [6.07, 6.45) is 2.38. The lowest BCUT2D eigenvalue weighted by molar-refractivity contribution is 0.257. The number of nitrogens with zero attached hydrogens (tertiary/aromatic N) is 1. The molecule has 1 aromatic carbocycles. The maximum atomic E-state index is 13.8. The van der Waals surface area contributed by atoms with Crippen molar-refractivity contribution in [3.8, 4) is 0 Å². The molecule has 0 spiro atoms. The third-order valence-corrected chi connectivity index (χ3v) is 5.79. The molecule has 114 valence electrons. The molecule has 1 aliphatic heterocycles. The van der Waals surface area contributed by atoms with Crippen LogP contribution in [-0.4, -0.2) is 31.9 Å². The molecule has 1 unspecified atom stereocenters. The Morgan fingerprint density at radius 1 is 1.40 bits per heavy atom. The van der Waals surface area contributed by atoms with E-state index in [1.165, 1.54) is 16.4 Å². The fourth-order valence-corrected chi connectivity index (χ4v) is 4.64. The van der Waals surface area contributed by atoms with E-state index in [9.17, 15) is 12.8 Å². The van der Waals surface area contributed by atoms with Crippen LogP contribution in [0, 0.1) is 5.82 Å². The molecule has 0 radical (unpaired) electrons. The average Bonchev–Trinajstić information content (AvgIpc) is 2.38. The van der Waals surface area contributed by atoms with Crippen molar-refractivity contribution in [2.24, 2.45) is 5.73 Å². The quantitative estimate of drug-likeness (QED) is 0.917. The van der Waals surface area contributed by atoms with Gasteiger partial charge in [-0.25, -0.2) is 12.8 Å². The van der Waals surface area contributed by atoms with Crippen molar-refractivity contribution < 1.29 is 12.8 Å². The van der Waals surface area contributed by atoms with Crippen molar-refractivity contribution in [3.63, 3.8) is 0 Å². The molecule has 1 saturated heterocycles. The van der Waals surface area contributed by atoms with E-state index in [1.54, 1.807) is 0 Å². The normalized spacial score (nSPS) is 20.4. The predicted octanol–water partition coefficient (Wildman–Crippen LogP) is 2.40. The topological polar surface area (TPSA) is 63.4 Å². The van der Waals surface area contributed by atoms with Gasteiger partial charge in [0, 0.05) is 19.1 Å². The third-order valence-electron chi connectivity index (χ3n) is 3.33. The number of rotatable bonds is 3. The van der Waals surface area contributed by atoms with Crippen molar-refractivity contribution >= 4 is 34.0 Å². The zero-order chi connectivity index (χ0) is 14.0. The number of benzene rings is 1. The highest BCUT2D eigenvalue weighted by Gasteiger charge is 2.35. The molecular weight excluding hydrogens is 326 g/mol. The molecule has 0 bridgehead atoms. The molecule has 2 N–H and O–H groups in total. The van der Waals surface area contributed by atoms with E-state index in [1.807, 2.05) is 0 Å². The molecule has 4 nitrogen and oxygen atoms in total. The van der Waals surface area contributed by atoms with Crippen LogP contribution in [0.5, 0.6) is 0 Å². The van der Waals surface area contributed by atoms with Crippen molar-refractivity contribution in [3.05, 3.63) is 29.0 Å². The van der Waals surface area contributed by atoms with Crippen LogP contribution in [0.3, 0.4) is 0 Å². The highest BCUT2D eigenvalue weighted by atomic mass is 35.5. The number of piperidine rings is 1. The Labute approximate surface area is 129 Å². The second-order valence-electron chi connectivity index (χ2n) is 4.55. The molecule has 1 heterocycles. The van der Waals surface area contributed by atoms with Crippen LogP contribution in [0.2, 0.25) is 5.02 Å². The summed E-state index contributed by atoms with van der Waals surface area (Å²) in [6, 6.07) is 3.57. The Bertz CT molecular complexity index is 548. The molecule has 0 amide bonds. The van der Waals surface area contributed by atoms with Crippen LogP contribution >= 0.6 is 24.0 Å². The Balaban J connectivity index is 0.00000200. The van der Waals surface area contributed by atoms with Crippen molar-refractivity contribution in [1.29, 1.82) is 0 Å². The van der Waals surface area contributed by atoms with E-state index in [0.29, 0.717) is 13.0 Å². The van der Waals surface area contributed by atoms with Gasteiger partial charge in [-0.2, -0.15) is 4.31 Å². The lowest BCUT2D eigenvalue weighted by Crippen LogP contribution is -2.47. The SMILES string of the molecule is Cl.NCC1CCCCN1S(=O)(=O)c1c(F)cccc1Cl. The zero-order valence-electron chi connectivity index (χ0n) is 10.8. The van der Waals surface area contributed by atoms with Crippen molar-refractivity contribution in [2.45, 2.75) is 30.2 Å². The van der Waals surface area contributed by atoms with Crippen LogP contribution < -0.4 is 5.73 Å². The number of hydrogen-bond acceptors (Lipinski definition) is 3. The van der Waals surface area contributed by atoms with Gasteiger partial charge in [-0.15, -0.1) is 12.4 Å². The maximum absolute atomic E-state index is 13.8. The third kappa shape index (κ3) is 3.26. The maximum Gasteiger partial charge on any atom is 0.247 e. The Kier molecular flexibility index (Phi) is 6.22. The summed E-state index contributed by atoms with van der Waals surface area (Å²) >= 11 is 5.85. The van der Waals surface area contributed by atoms with E-state index in [-0.39, 0.29) is 30.0 Å². The van der Waals surface area contributed by atoms with Gasteiger partial charge in [0.2, 0.25) is 10.0 Å². The van der Waals surface area contributed by atoms with Gasteiger partial charge in [-0.3, -0.25) is 0 Å². The van der Waals surface area contributed by atoms with Gasteiger partial charge in [0.05, 0.1) is 5.02 Å². The van der Waals surface area contributed by atoms with E-state index < -0.39 is 20.7 Å². The molecule has 0 aromatic heterocycles. The van der Waals surface area contributed by atoms with Crippen LogP contribution in [0.4, 0.5) is 4.39 Å². The van der Waals surface area contributed by atoms with Crippen LogP contribution in [0.25, 0.3) is 0 Å². The standard InChI is InChI=1S/C12H16ClFN2O2S.ClH/c13-10-5-3-6-11(14)12(10)19(17,18)16-7-2-1-4-9(16)8-15;/h3,5-6,9H,1-2,4,7-8,15H2;1H. The Morgan fingerprint density at radius 2 is 2.10 bits per heavy atom. The van der Waals surface area contributed by atoms with E-state index in [4.69, 9.17) is 17.3 Å². The van der Waals surface area contributed by atoms with E-state index in [2.05, 4.69) is 0 Å². The van der Waals surface area contributed by atoms with Gasteiger partial charge < -0.3 is 5.73 Å². The van der Waals surface area contributed by atoms with Crippen molar-refractivity contribution in [1.82, 2.24) is 4.31 Å². The van der Waals surface area contributed by atoms with E-state index >= 15 is 0 Å². The summed E-state index contributed by atoms with van der Waals surface area (Å²) in [5, 5.41) is -0.0960. The van der Waals surface area contributed by atoms with Gasteiger partial charge in [-0.1, -0.05) is 24.1 Å². The minimum Gasteiger partial charge on any atom is -0.329 e. The number of halogens is 3. The summed E-state index contributed by atoms with van der Waals surface area (Å²) in [5.41, 5.74) is 5.61. The van der Waals surface area contributed by atoms with Crippen LogP contribution in [-0.2, 0) is 10.0 Å². The van der Waals surface area contributed by atoms with Gasteiger partial charge in [0.1, 0.15) is 10.7 Å². The first-order chi connectivity index (χ1) is 8.98. The Morgan fingerprint density at radius 3 is 2.70 bits per heavy atom. The molecule has 0 aliphatic carbocycles. The van der Waals surface area contributed by atoms with Crippen LogP contribution in [0.1, 0.15) is 19.3 Å². The predicted molar refractivity (Wildman–Crippen MR) is 79.2 cm³/mol. The minimum absolute atomic E-state index is 0. The molecule has 1 aliphatic rings. The summed E-state index contributed by atoms with van der Waals surface area (Å²) < 4.78 is 40.2. The first-order valence-corrected chi connectivity index (χ1v) is 7.96. The molecule has 8 heteroatoms. The molecule has 1 atom stereocenters. The molecule has 1 fully saturated rings. The van der Waals surface area contributed by atoms with Gasteiger partial charge in [-0.05, 0) is 25.0 Å². The molecule has 0 saturated carbocycles. The second-order valence-corrected chi connectivity index (χ2v) is 6.79. The molecule has 2 rings (SSSR count). The lowest BCUT2D eigenvalue weighted by atomic mass is 10.1. The van der Waals surface area contributed by atoms with Gasteiger partial charge >= 0.3 is 0 Å². The lowest BCUT2D eigenvalue weighted by Gasteiger charge is -2.34. The molecule has 20 heavy (non-hydrogen) atoms. The summed E-state index contributed by atoms with van der Waals surface area (Å²) in [6.45, 7) is 0.583. The number of sulfonamides is 1. The smallest absolute Gasteiger partial charge is 0.247 e. The Hall–Kier alpha value is -0.400. The average molecular weight is 343 g/mol. The number of hydrogen-bond donors (Lipinski definition) is 1. The first-order valence-electron chi connectivity index (χ1n) is 6.14. The monoisotopic (exact) mass is 342 g/mol. The number of nitrogens with two attached hydrogens (primary N) is 1. The fraction of sp³-hybridized carbons (Fsp3) is 0.500. The molecular formula is C12H17Cl2FN2O2S. The fourth-order valence-electron chi connectivity index (χ4n) is 2.37. The highest BCUT2D eigenvalue weighted by molar-refractivity contribution is 7.89. The summed E-state index contributed by atoms with van der Waals surface area (Å²) in [7, 11) is -3.94. The first kappa shape index (κ1) is 17.7. The minimum atomic E-state index is -3.94. The van der Waals surface area contributed by atoms with Crippen LogP contribution in [0.15, 0.2) is 23.1 Å². The van der Waals surface area contributed by atoms with Crippen molar-refractivity contribution in [2.75, 3.05) is 13.1 Å². The van der Waals surface area contributed by atoms with Gasteiger partial charge in [0.15, 0.2) is 0 Å². The summed E-state index contributed by atoms with van der Waals surface area (Å²) in [4.78, 5) is -0.447. The largest absolute Gasteiger partial charge is 0.329 e.